The van der Waals surface area contributed by atoms with E-state index in [-0.39, 0.29) is 11.7 Å². The van der Waals surface area contributed by atoms with E-state index in [2.05, 4.69) is 16.4 Å². The van der Waals surface area contributed by atoms with Crippen molar-refractivity contribution < 1.29 is 9.18 Å². The lowest BCUT2D eigenvalue weighted by atomic mass is 10.0. The average molecular weight is 331 g/mol. The minimum Gasteiger partial charge on any atom is -0.367 e. The molecule has 1 aromatic rings. The second-order valence-corrected chi connectivity index (χ2v) is 6.60. The summed E-state index contributed by atoms with van der Waals surface area (Å²) in [7, 11) is 0. The van der Waals surface area contributed by atoms with E-state index in [4.69, 9.17) is 0 Å². The fourth-order valence-electron chi connectivity index (χ4n) is 3.77. The summed E-state index contributed by atoms with van der Waals surface area (Å²) in [5.41, 5.74) is 0.698. The van der Waals surface area contributed by atoms with E-state index in [0.717, 1.165) is 52.1 Å². The number of carbonyl (C=O) groups is 1. The molecule has 0 unspecified atom stereocenters. The lowest BCUT2D eigenvalue weighted by Gasteiger charge is -2.44. The maximum atomic E-state index is 13.9. The number of rotatable bonds is 4. The average Bonchev–Trinajstić information content (AvgIpc) is 2.63. The van der Waals surface area contributed by atoms with Gasteiger partial charge in [-0.2, -0.15) is 0 Å². The van der Waals surface area contributed by atoms with Crippen LogP contribution in [0.25, 0.3) is 0 Å². The monoisotopic (exact) mass is 331 g/mol. The van der Waals surface area contributed by atoms with Crippen molar-refractivity contribution in [3.8, 4) is 0 Å². The van der Waals surface area contributed by atoms with Crippen molar-refractivity contribution in [1.29, 1.82) is 0 Å². The van der Waals surface area contributed by atoms with Crippen LogP contribution in [0.4, 0.5) is 10.1 Å². The third-order valence-electron chi connectivity index (χ3n) is 5.09. The van der Waals surface area contributed by atoms with Gasteiger partial charge in [-0.05, 0) is 25.0 Å². The molecule has 1 aromatic carbocycles. The van der Waals surface area contributed by atoms with Crippen molar-refractivity contribution in [2.75, 3.05) is 44.2 Å². The molecule has 3 rings (SSSR count). The fraction of sp³-hybridized carbons (Fsp3) is 0.526. The van der Waals surface area contributed by atoms with E-state index in [1.54, 1.807) is 12.1 Å². The van der Waals surface area contributed by atoms with Crippen LogP contribution in [0.2, 0.25) is 0 Å². The molecule has 0 N–H and O–H groups in total. The van der Waals surface area contributed by atoms with Gasteiger partial charge in [-0.3, -0.25) is 9.69 Å². The second-order valence-electron chi connectivity index (χ2n) is 6.60. The molecule has 5 heteroatoms. The van der Waals surface area contributed by atoms with Crippen LogP contribution in [0.5, 0.6) is 0 Å². The van der Waals surface area contributed by atoms with Gasteiger partial charge in [0.25, 0.3) is 0 Å². The number of amides is 1. The molecule has 0 spiro atoms. The van der Waals surface area contributed by atoms with Crippen molar-refractivity contribution >= 4 is 11.6 Å². The lowest BCUT2D eigenvalue weighted by molar-refractivity contribution is -0.132. The number of hydrogen-bond acceptors (Lipinski definition) is 3. The highest BCUT2D eigenvalue weighted by molar-refractivity contribution is 5.77. The summed E-state index contributed by atoms with van der Waals surface area (Å²) in [6.07, 6.45) is 4.30. The first-order valence-corrected chi connectivity index (χ1v) is 8.81. The summed E-state index contributed by atoms with van der Waals surface area (Å²) in [6.45, 7) is 8.83. The predicted octanol–water partition coefficient (Wildman–Crippen LogP) is 2.51. The van der Waals surface area contributed by atoms with Crippen LogP contribution in [0.1, 0.15) is 19.3 Å². The van der Waals surface area contributed by atoms with E-state index in [1.165, 1.54) is 6.07 Å². The number of benzene rings is 1. The smallest absolute Gasteiger partial charge is 0.226 e. The van der Waals surface area contributed by atoms with Gasteiger partial charge in [-0.25, -0.2) is 4.39 Å². The normalized spacial score (nSPS) is 22.5. The highest BCUT2D eigenvalue weighted by Crippen LogP contribution is 2.23. The number of carbonyl (C=O) groups excluding carboxylic acids is 1. The van der Waals surface area contributed by atoms with Gasteiger partial charge in [0.2, 0.25) is 5.91 Å². The zero-order valence-electron chi connectivity index (χ0n) is 14.2. The molecule has 1 amide bonds. The number of piperazine rings is 1. The Bertz CT molecular complexity index is 584. The first-order valence-electron chi connectivity index (χ1n) is 8.81. The van der Waals surface area contributed by atoms with Crippen molar-refractivity contribution in [1.82, 2.24) is 9.80 Å². The van der Waals surface area contributed by atoms with Crippen LogP contribution < -0.4 is 4.90 Å². The first kappa shape index (κ1) is 17.0. The molecule has 0 saturated carbocycles. The highest BCUT2D eigenvalue weighted by Gasteiger charge is 2.30. The van der Waals surface area contributed by atoms with Gasteiger partial charge in [0.15, 0.2) is 0 Å². The molecule has 4 nitrogen and oxygen atoms in total. The van der Waals surface area contributed by atoms with Crippen LogP contribution in [-0.4, -0.2) is 61.0 Å². The number of para-hydroxylation sites is 1. The van der Waals surface area contributed by atoms with Gasteiger partial charge in [0.1, 0.15) is 5.82 Å². The molecule has 2 fully saturated rings. The summed E-state index contributed by atoms with van der Waals surface area (Å²) >= 11 is 0. The summed E-state index contributed by atoms with van der Waals surface area (Å²) in [4.78, 5) is 18.6. The minimum atomic E-state index is -0.148. The number of hydrogen-bond donors (Lipinski definition) is 0. The van der Waals surface area contributed by atoms with E-state index >= 15 is 0 Å². The zero-order chi connectivity index (χ0) is 16.9. The Kier molecular flexibility index (Phi) is 5.51. The Morgan fingerprint density at radius 1 is 1.21 bits per heavy atom. The summed E-state index contributed by atoms with van der Waals surface area (Å²) in [5, 5.41) is 0. The Hall–Kier alpha value is -1.88. The second kappa shape index (κ2) is 7.79. The van der Waals surface area contributed by atoms with Gasteiger partial charge in [-0.1, -0.05) is 18.2 Å². The van der Waals surface area contributed by atoms with Crippen LogP contribution >= 0.6 is 0 Å². The molecule has 0 aliphatic carbocycles. The molecule has 2 saturated heterocycles. The van der Waals surface area contributed by atoms with Gasteiger partial charge in [-0.15, -0.1) is 6.58 Å². The van der Waals surface area contributed by atoms with E-state index in [1.807, 2.05) is 17.0 Å². The van der Waals surface area contributed by atoms with E-state index < -0.39 is 0 Å². The van der Waals surface area contributed by atoms with Gasteiger partial charge in [0.05, 0.1) is 5.69 Å². The van der Waals surface area contributed by atoms with Crippen LogP contribution in [0.15, 0.2) is 36.9 Å². The molecular weight excluding hydrogens is 305 g/mol. The molecule has 0 aromatic heterocycles. The van der Waals surface area contributed by atoms with Crippen LogP contribution in [0, 0.1) is 5.82 Å². The Morgan fingerprint density at radius 2 is 1.96 bits per heavy atom. The minimum absolute atomic E-state index is 0.148. The molecular formula is C19H26FN3O. The molecule has 2 aliphatic rings. The third kappa shape index (κ3) is 3.78. The van der Waals surface area contributed by atoms with Crippen molar-refractivity contribution in [2.45, 2.75) is 25.3 Å². The van der Waals surface area contributed by atoms with Gasteiger partial charge in [0, 0.05) is 51.7 Å². The number of piperidine rings is 1. The number of anilines is 1. The predicted molar refractivity (Wildman–Crippen MR) is 94.6 cm³/mol. The molecule has 0 radical (unpaired) electrons. The Labute approximate surface area is 143 Å². The van der Waals surface area contributed by atoms with Crippen molar-refractivity contribution in [3.63, 3.8) is 0 Å². The number of likely N-dealkylation sites (tertiary alicyclic amines) is 1. The molecule has 0 bridgehead atoms. The van der Waals surface area contributed by atoms with Crippen LogP contribution in [0.3, 0.4) is 0 Å². The highest BCUT2D eigenvalue weighted by atomic mass is 19.1. The number of halogens is 1. The molecule has 24 heavy (non-hydrogen) atoms. The third-order valence-corrected chi connectivity index (χ3v) is 5.09. The van der Waals surface area contributed by atoms with Gasteiger partial charge >= 0.3 is 0 Å². The molecule has 2 heterocycles. The topological polar surface area (TPSA) is 26.8 Å². The summed E-state index contributed by atoms with van der Waals surface area (Å²) < 4.78 is 13.9. The van der Waals surface area contributed by atoms with E-state index in [9.17, 15) is 9.18 Å². The SMILES string of the molecule is C=CCC(=O)N1CCC[C@H](N2CCN(c3ccccc3F)CC2)C1. The largest absolute Gasteiger partial charge is 0.367 e. The molecule has 2 aliphatic heterocycles. The first-order chi connectivity index (χ1) is 11.7. The summed E-state index contributed by atoms with van der Waals surface area (Å²) in [5.74, 6) is 0.0319. The van der Waals surface area contributed by atoms with Crippen LogP contribution in [-0.2, 0) is 4.79 Å². The number of nitrogens with zero attached hydrogens (tertiary/aromatic N) is 3. The Morgan fingerprint density at radius 3 is 2.67 bits per heavy atom. The quantitative estimate of drug-likeness (QED) is 0.793. The standard InChI is InChI=1S/C19H26FN3O/c1-2-6-19(24)23-10-5-7-16(15-23)21-11-13-22(14-12-21)18-9-4-3-8-17(18)20/h2-4,8-9,16H,1,5-7,10-15H2/t16-/m0/s1. The van der Waals surface area contributed by atoms with Gasteiger partial charge < -0.3 is 9.80 Å². The van der Waals surface area contributed by atoms with Crippen molar-refractivity contribution in [3.05, 3.63) is 42.7 Å². The Balaban J connectivity index is 1.55. The fourth-order valence-corrected chi connectivity index (χ4v) is 3.77. The lowest BCUT2D eigenvalue weighted by Crippen LogP contribution is -2.56. The van der Waals surface area contributed by atoms with Crippen molar-refractivity contribution in [2.24, 2.45) is 0 Å². The van der Waals surface area contributed by atoms with E-state index in [0.29, 0.717) is 18.2 Å². The maximum absolute atomic E-state index is 13.9. The molecule has 1 atom stereocenters. The summed E-state index contributed by atoms with van der Waals surface area (Å²) in [6, 6.07) is 7.41. The molecule has 130 valence electrons. The zero-order valence-corrected chi connectivity index (χ0v) is 14.2. The maximum Gasteiger partial charge on any atom is 0.226 e.